The van der Waals surface area contributed by atoms with Crippen LogP contribution in [0.5, 0.6) is 0 Å². The lowest BCUT2D eigenvalue weighted by Gasteiger charge is -2.42. The van der Waals surface area contributed by atoms with Gasteiger partial charge in [-0.25, -0.2) is 9.18 Å². The molecule has 130 valence electrons. The molecule has 23 heavy (non-hydrogen) atoms. The molecule has 0 aromatic heterocycles. The third-order valence-electron chi connectivity index (χ3n) is 5.02. The molecule has 0 radical (unpaired) electrons. The largest absolute Gasteiger partial charge is 0.458 e. The van der Waals surface area contributed by atoms with Crippen LogP contribution in [0.1, 0.15) is 33.1 Å². The molecule has 2 heterocycles. The van der Waals surface area contributed by atoms with E-state index in [0.717, 1.165) is 18.4 Å². The van der Waals surface area contributed by atoms with Gasteiger partial charge in [0.05, 0.1) is 12.2 Å². The summed E-state index contributed by atoms with van der Waals surface area (Å²) < 4.78 is 30.1. The van der Waals surface area contributed by atoms with Gasteiger partial charge in [0.25, 0.3) is 0 Å². The van der Waals surface area contributed by atoms with Crippen molar-refractivity contribution in [2.24, 2.45) is 5.92 Å². The molecular formula is C16H23FO6. The smallest absolute Gasteiger partial charge is 0.330 e. The standard InChI is InChI=1S/C16H23FO6/c1-7-5-12(18)23-11-6-9(3-4-10(7)11)22-16-15(20)14(19)13(17)8(2)21-16/h5,8-11,13-16,19-20H,3-4,6H2,1-2H3/t8-,9?,10?,11?,13+,14+,15-,16-/m0/s1. The predicted octanol–water partition coefficient (Wildman–Crippen LogP) is 0.848. The molecule has 0 bridgehead atoms. The van der Waals surface area contributed by atoms with Crippen LogP contribution in [0.4, 0.5) is 4.39 Å². The van der Waals surface area contributed by atoms with Crippen molar-refractivity contribution in [1.82, 2.24) is 0 Å². The topological polar surface area (TPSA) is 85.2 Å². The lowest BCUT2D eigenvalue weighted by Crippen LogP contribution is -2.57. The van der Waals surface area contributed by atoms with Crippen molar-refractivity contribution in [3.8, 4) is 0 Å². The van der Waals surface area contributed by atoms with E-state index in [9.17, 15) is 19.4 Å². The number of carbonyl (C=O) groups is 1. The summed E-state index contributed by atoms with van der Waals surface area (Å²) in [5.74, 6) is -0.146. The van der Waals surface area contributed by atoms with E-state index in [1.165, 1.54) is 13.0 Å². The lowest BCUT2D eigenvalue weighted by molar-refractivity contribution is -0.299. The number of halogens is 1. The number of carbonyl (C=O) groups excluding carboxylic acids is 1. The minimum absolute atomic E-state index is 0.199. The van der Waals surface area contributed by atoms with Crippen LogP contribution in [0.2, 0.25) is 0 Å². The van der Waals surface area contributed by atoms with Crippen molar-refractivity contribution in [2.45, 2.75) is 76.1 Å². The van der Waals surface area contributed by atoms with Crippen LogP contribution >= 0.6 is 0 Å². The number of aliphatic hydroxyl groups excluding tert-OH is 2. The summed E-state index contributed by atoms with van der Waals surface area (Å²) in [6, 6.07) is 0. The summed E-state index contributed by atoms with van der Waals surface area (Å²) in [5, 5.41) is 19.6. The molecule has 0 aromatic carbocycles. The summed E-state index contributed by atoms with van der Waals surface area (Å²) in [6.07, 6.45) is -3.52. The first-order valence-corrected chi connectivity index (χ1v) is 8.06. The normalized spacial score (nSPS) is 47.5. The molecule has 7 heteroatoms. The van der Waals surface area contributed by atoms with Crippen LogP contribution < -0.4 is 0 Å². The Bertz CT molecular complexity index is 495. The van der Waals surface area contributed by atoms with E-state index in [-0.39, 0.29) is 24.1 Å². The first kappa shape index (κ1) is 16.8. The highest BCUT2D eigenvalue weighted by atomic mass is 19.1. The van der Waals surface area contributed by atoms with Crippen LogP contribution in [0.3, 0.4) is 0 Å². The van der Waals surface area contributed by atoms with Crippen LogP contribution in [0.15, 0.2) is 11.6 Å². The number of alkyl halides is 1. The SMILES string of the molecule is CC1=CC(=O)OC2CC(O[C@@H]3O[C@@H](C)[C@@H](F)[C@@H](O)[C@@H]3O)CCC12. The Morgan fingerprint density at radius 2 is 2.04 bits per heavy atom. The monoisotopic (exact) mass is 330 g/mol. The molecule has 6 nitrogen and oxygen atoms in total. The van der Waals surface area contributed by atoms with Crippen molar-refractivity contribution >= 4 is 5.97 Å². The zero-order chi connectivity index (χ0) is 16.7. The van der Waals surface area contributed by atoms with Gasteiger partial charge in [-0.1, -0.05) is 5.57 Å². The number of hydrogen-bond donors (Lipinski definition) is 2. The summed E-state index contributed by atoms with van der Waals surface area (Å²) >= 11 is 0. The van der Waals surface area contributed by atoms with Gasteiger partial charge in [0.1, 0.15) is 18.3 Å². The molecule has 0 amide bonds. The molecule has 2 aliphatic heterocycles. The number of hydrogen-bond acceptors (Lipinski definition) is 6. The molecule has 3 aliphatic rings. The van der Waals surface area contributed by atoms with Gasteiger partial charge in [-0.2, -0.15) is 0 Å². The van der Waals surface area contributed by atoms with Gasteiger partial charge in [0.15, 0.2) is 12.5 Å². The average Bonchev–Trinajstić information content (AvgIpc) is 2.50. The Balaban J connectivity index is 1.61. The van der Waals surface area contributed by atoms with E-state index >= 15 is 0 Å². The van der Waals surface area contributed by atoms with Gasteiger partial charge < -0.3 is 24.4 Å². The summed E-state index contributed by atoms with van der Waals surface area (Å²) in [7, 11) is 0. The van der Waals surface area contributed by atoms with Gasteiger partial charge in [-0.05, 0) is 26.7 Å². The Hall–Kier alpha value is -1.02. The molecule has 2 N–H and O–H groups in total. The van der Waals surface area contributed by atoms with E-state index < -0.39 is 30.8 Å². The van der Waals surface area contributed by atoms with Gasteiger partial charge in [0.2, 0.25) is 0 Å². The van der Waals surface area contributed by atoms with Crippen LogP contribution in [0.25, 0.3) is 0 Å². The quantitative estimate of drug-likeness (QED) is 0.730. The number of rotatable bonds is 2. The highest BCUT2D eigenvalue weighted by Crippen LogP contribution is 2.37. The number of aliphatic hydroxyl groups is 2. The molecule has 1 saturated carbocycles. The Morgan fingerprint density at radius 1 is 1.30 bits per heavy atom. The van der Waals surface area contributed by atoms with Crippen LogP contribution in [-0.2, 0) is 19.0 Å². The third-order valence-corrected chi connectivity index (χ3v) is 5.02. The van der Waals surface area contributed by atoms with E-state index in [0.29, 0.717) is 6.42 Å². The maximum Gasteiger partial charge on any atom is 0.330 e. The summed E-state index contributed by atoms with van der Waals surface area (Å²) in [4.78, 5) is 11.5. The number of esters is 1. The van der Waals surface area contributed by atoms with Crippen LogP contribution in [-0.4, -0.2) is 59.2 Å². The van der Waals surface area contributed by atoms with E-state index in [2.05, 4.69) is 0 Å². The van der Waals surface area contributed by atoms with Crippen LogP contribution in [0, 0.1) is 5.92 Å². The van der Waals surface area contributed by atoms with Crippen molar-refractivity contribution in [3.63, 3.8) is 0 Å². The third kappa shape index (κ3) is 3.28. The second-order valence-corrected chi connectivity index (χ2v) is 6.68. The molecule has 0 aromatic rings. The Morgan fingerprint density at radius 3 is 2.78 bits per heavy atom. The second-order valence-electron chi connectivity index (χ2n) is 6.68. The molecule has 0 spiro atoms. The second kappa shape index (κ2) is 6.47. The summed E-state index contributed by atoms with van der Waals surface area (Å²) in [6.45, 7) is 3.41. The van der Waals surface area contributed by atoms with E-state index in [1.54, 1.807) is 0 Å². The van der Waals surface area contributed by atoms with Gasteiger partial charge in [-0.3, -0.25) is 0 Å². The molecule has 1 saturated heterocycles. The van der Waals surface area contributed by atoms with Crippen molar-refractivity contribution < 1.29 is 33.6 Å². The van der Waals surface area contributed by atoms with E-state index in [4.69, 9.17) is 14.2 Å². The predicted molar refractivity (Wildman–Crippen MR) is 77.1 cm³/mol. The zero-order valence-electron chi connectivity index (χ0n) is 13.2. The van der Waals surface area contributed by atoms with Gasteiger partial charge in [-0.15, -0.1) is 0 Å². The molecule has 1 aliphatic carbocycles. The van der Waals surface area contributed by atoms with Gasteiger partial charge in [0, 0.05) is 18.4 Å². The molecule has 2 fully saturated rings. The first-order valence-electron chi connectivity index (χ1n) is 8.06. The minimum Gasteiger partial charge on any atom is -0.458 e. The van der Waals surface area contributed by atoms with Gasteiger partial charge >= 0.3 is 5.97 Å². The summed E-state index contributed by atoms with van der Waals surface area (Å²) in [5.41, 5.74) is 1.02. The highest BCUT2D eigenvalue weighted by molar-refractivity contribution is 5.84. The highest BCUT2D eigenvalue weighted by Gasteiger charge is 2.45. The zero-order valence-corrected chi connectivity index (χ0v) is 13.2. The average molecular weight is 330 g/mol. The van der Waals surface area contributed by atoms with Crippen molar-refractivity contribution in [3.05, 3.63) is 11.6 Å². The molecule has 3 rings (SSSR count). The minimum atomic E-state index is -1.65. The fourth-order valence-electron chi connectivity index (χ4n) is 3.64. The number of ether oxygens (including phenoxy) is 3. The Kier molecular flexibility index (Phi) is 4.73. The Labute approximate surface area is 134 Å². The fourth-order valence-corrected chi connectivity index (χ4v) is 3.64. The number of fused-ring (bicyclic) bond motifs is 1. The van der Waals surface area contributed by atoms with E-state index in [1.807, 2.05) is 6.92 Å². The van der Waals surface area contributed by atoms with Crippen molar-refractivity contribution in [2.75, 3.05) is 0 Å². The maximum absolute atomic E-state index is 13.6. The molecule has 3 unspecified atom stereocenters. The molecule has 8 atom stereocenters. The first-order chi connectivity index (χ1) is 10.9. The maximum atomic E-state index is 13.6. The molecular weight excluding hydrogens is 307 g/mol. The van der Waals surface area contributed by atoms with Crippen molar-refractivity contribution in [1.29, 1.82) is 0 Å². The lowest BCUT2D eigenvalue weighted by atomic mass is 9.79. The fraction of sp³-hybridized carbons (Fsp3) is 0.812.